The van der Waals surface area contributed by atoms with E-state index in [4.69, 9.17) is 0 Å². The number of hydrogen-bond donors (Lipinski definition) is 1. The molecule has 80 valence electrons. The van der Waals surface area contributed by atoms with Crippen LogP contribution in [0.4, 0.5) is 17.1 Å². The van der Waals surface area contributed by atoms with Crippen molar-refractivity contribution in [1.82, 2.24) is 10.2 Å². The Kier molecular flexibility index (Phi) is 2.52. The highest BCUT2D eigenvalue weighted by Crippen LogP contribution is 2.27. The lowest BCUT2D eigenvalue weighted by Gasteiger charge is -1.98. The molecule has 0 spiro atoms. The van der Waals surface area contributed by atoms with Gasteiger partial charge in [0.1, 0.15) is 5.75 Å². The topological polar surface area (TPSA) is 62.8 Å². The fourth-order valence-corrected chi connectivity index (χ4v) is 1.29. The predicted molar refractivity (Wildman–Crippen MR) is 37.3 cm³/mol. The van der Waals surface area contributed by atoms with Crippen molar-refractivity contribution in [3.05, 3.63) is 17.5 Å². The summed E-state index contributed by atoms with van der Waals surface area (Å²) in [7, 11) is -4.85. The SMILES string of the molecule is O=S(=O)(F)Cc1cc(C(F)(F)F)n[nH]1. The number of H-pyrrole nitrogens is 1. The van der Waals surface area contributed by atoms with Gasteiger partial charge < -0.3 is 0 Å². The van der Waals surface area contributed by atoms with Crippen LogP contribution < -0.4 is 0 Å². The van der Waals surface area contributed by atoms with E-state index in [2.05, 4.69) is 5.10 Å². The lowest BCUT2D eigenvalue weighted by Crippen LogP contribution is -2.04. The summed E-state index contributed by atoms with van der Waals surface area (Å²) in [5, 5.41) is 4.57. The molecule has 1 N–H and O–H groups in total. The number of aromatic nitrogens is 2. The van der Waals surface area contributed by atoms with Gasteiger partial charge in [0, 0.05) is 0 Å². The first-order valence-electron chi connectivity index (χ1n) is 3.22. The van der Waals surface area contributed by atoms with Gasteiger partial charge in [0.05, 0.1) is 5.69 Å². The van der Waals surface area contributed by atoms with Crippen molar-refractivity contribution in [1.29, 1.82) is 0 Å². The van der Waals surface area contributed by atoms with Crippen LogP contribution >= 0.6 is 0 Å². The standard InChI is InChI=1S/C5H4F4N2O2S/c6-5(7,8)4-1-3(10-11-4)2-14(9,12)13/h1H,2H2,(H,10,11). The van der Waals surface area contributed by atoms with Crippen LogP contribution in [0, 0.1) is 0 Å². The summed E-state index contributed by atoms with van der Waals surface area (Å²) in [4.78, 5) is 0. The third kappa shape index (κ3) is 2.98. The minimum atomic E-state index is -4.85. The second-order valence-electron chi connectivity index (χ2n) is 2.46. The zero-order valence-electron chi connectivity index (χ0n) is 6.47. The minimum Gasteiger partial charge on any atom is -0.281 e. The van der Waals surface area contributed by atoms with Gasteiger partial charge in [0.2, 0.25) is 0 Å². The predicted octanol–water partition coefficient (Wildman–Crippen LogP) is 1.23. The number of rotatable bonds is 2. The number of halogens is 4. The van der Waals surface area contributed by atoms with Gasteiger partial charge >= 0.3 is 16.4 Å². The monoisotopic (exact) mass is 232 g/mol. The summed E-state index contributed by atoms with van der Waals surface area (Å²) in [6, 6.07) is 0.442. The number of hydrogen-bond acceptors (Lipinski definition) is 3. The maximum Gasteiger partial charge on any atom is 0.435 e. The average Bonchev–Trinajstić information content (AvgIpc) is 2.29. The van der Waals surface area contributed by atoms with Gasteiger partial charge in [-0.25, -0.2) is 0 Å². The lowest BCUT2D eigenvalue weighted by atomic mass is 10.4. The maximum absolute atomic E-state index is 12.0. The molecule has 0 unspecified atom stereocenters. The molecule has 0 bridgehead atoms. The Morgan fingerprint density at radius 3 is 2.36 bits per heavy atom. The van der Waals surface area contributed by atoms with Crippen LogP contribution in [0.25, 0.3) is 0 Å². The Labute approximate surface area is 76.1 Å². The summed E-state index contributed by atoms with van der Waals surface area (Å²) in [6.07, 6.45) is -4.67. The molecular weight excluding hydrogens is 228 g/mol. The van der Waals surface area contributed by atoms with E-state index >= 15 is 0 Å². The van der Waals surface area contributed by atoms with Crippen molar-refractivity contribution in [3.8, 4) is 0 Å². The average molecular weight is 232 g/mol. The quantitative estimate of drug-likeness (QED) is 0.616. The highest BCUT2D eigenvalue weighted by atomic mass is 32.3. The van der Waals surface area contributed by atoms with Crippen LogP contribution in [-0.4, -0.2) is 18.6 Å². The molecule has 1 aromatic heterocycles. The van der Waals surface area contributed by atoms with Crippen molar-refractivity contribution in [2.24, 2.45) is 0 Å². The summed E-state index contributed by atoms with van der Waals surface area (Å²) in [5.74, 6) is -1.14. The molecule has 0 radical (unpaired) electrons. The van der Waals surface area contributed by atoms with Gasteiger partial charge in [-0.3, -0.25) is 5.10 Å². The molecule has 1 heterocycles. The van der Waals surface area contributed by atoms with Crippen LogP contribution in [0.5, 0.6) is 0 Å². The number of nitrogens with one attached hydrogen (secondary N) is 1. The summed E-state index contributed by atoms with van der Waals surface area (Å²) < 4.78 is 67.9. The van der Waals surface area contributed by atoms with Crippen LogP contribution in [0.15, 0.2) is 6.07 Å². The van der Waals surface area contributed by atoms with Crippen molar-refractivity contribution in [2.45, 2.75) is 11.9 Å². The van der Waals surface area contributed by atoms with Gasteiger partial charge in [-0.2, -0.15) is 26.7 Å². The fraction of sp³-hybridized carbons (Fsp3) is 0.400. The first kappa shape index (κ1) is 11.0. The smallest absolute Gasteiger partial charge is 0.281 e. The molecule has 14 heavy (non-hydrogen) atoms. The normalized spacial score (nSPS) is 13.1. The highest BCUT2D eigenvalue weighted by Gasteiger charge is 2.34. The van der Waals surface area contributed by atoms with Crippen LogP contribution in [0.3, 0.4) is 0 Å². The third-order valence-corrected chi connectivity index (χ3v) is 1.91. The molecule has 4 nitrogen and oxygen atoms in total. The number of alkyl halides is 3. The second kappa shape index (κ2) is 3.23. The van der Waals surface area contributed by atoms with Crippen molar-refractivity contribution >= 4 is 10.2 Å². The first-order valence-corrected chi connectivity index (χ1v) is 4.77. The van der Waals surface area contributed by atoms with E-state index in [9.17, 15) is 25.5 Å². The Balaban J connectivity index is 2.90. The van der Waals surface area contributed by atoms with E-state index in [0.29, 0.717) is 6.07 Å². The molecule has 0 aliphatic carbocycles. The molecule has 0 aromatic carbocycles. The van der Waals surface area contributed by atoms with Crippen molar-refractivity contribution in [3.63, 3.8) is 0 Å². The largest absolute Gasteiger partial charge is 0.435 e. The second-order valence-corrected chi connectivity index (χ2v) is 3.83. The minimum absolute atomic E-state index is 0.442. The van der Waals surface area contributed by atoms with Crippen molar-refractivity contribution in [2.75, 3.05) is 0 Å². The van der Waals surface area contributed by atoms with E-state index < -0.39 is 33.5 Å². The lowest BCUT2D eigenvalue weighted by molar-refractivity contribution is -0.141. The number of nitrogens with zero attached hydrogens (tertiary/aromatic N) is 1. The Bertz CT molecular complexity index is 421. The molecule has 0 aliphatic rings. The van der Waals surface area contributed by atoms with Crippen LogP contribution in [0.1, 0.15) is 11.4 Å². The van der Waals surface area contributed by atoms with Gasteiger partial charge in [-0.15, -0.1) is 3.89 Å². The Hall–Kier alpha value is -1.12. The first-order chi connectivity index (χ1) is 6.18. The molecule has 9 heteroatoms. The number of aromatic amines is 1. The molecule has 0 amide bonds. The maximum atomic E-state index is 12.0. The Morgan fingerprint density at radius 1 is 1.43 bits per heavy atom. The van der Waals surface area contributed by atoms with Crippen LogP contribution in [-0.2, 0) is 22.2 Å². The fourth-order valence-electron chi connectivity index (χ4n) is 0.767. The zero-order chi connectivity index (χ0) is 11.0. The summed E-state index contributed by atoms with van der Waals surface area (Å²) in [5.41, 5.74) is -1.73. The molecule has 0 aliphatic heterocycles. The van der Waals surface area contributed by atoms with E-state index in [-0.39, 0.29) is 0 Å². The summed E-state index contributed by atoms with van der Waals surface area (Å²) >= 11 is 0. The van der Waals surface area contributed by atoms with Gasteiger partial charge in [-0.1, -0.05) is 0 Å². The molecule has 0 atom stereocenters. The van der Waals surface area contributed by atoms with Gasteiger partial charge in [0.15, 0.2) is 5.69 Å². The van der Waals surface area contributed by atoms with Crippen molar-refractivity contribution < 1.29 is 25.5 Å². The van der Waals surface area contributed by atoms with E-state index in [1.165, 1.54) is 0 Å². The van der Waals surface area contributed by atoms with E-state index in [1.54, 1.807) is 5.10 Å². The van der Waals surface area contributed by atoms with Gasteiger partial charge in [-0.05, 0) is 6.07 Å². The molecule has 0 fully saturated rings. The van der Waals surface area contributed by atoms with E-state index in [1.807, 2.05) is 0 Å². The third-order valence-electron chi connectivity index (χ3n) is 1.25. The molecular formula is C5H4F4N2O2S. The highest BCUT2D eigenvalue weighted by molar-refractivity contribution is 7.85. The molecule has 0 saturated carbocycles. The zero-order valence-corrected chi connectivity index (χ0v) is 7.28. The Morgan fingerprint density at radius 2 is 2.00 bits per heavy atom. The molecule has 1 aromatic rings. The van der Waals surface area contributed by atoms with Crippen LogP contribution in [0.2, 0.25) is 0 Å². The molecule has 1 rings (SSSR count). The molecule has 0 saturated heterocycles. The van der Waals surface area contributed by atoms with E-state index in [0.717, 1.165) is 0 Å². The summed E-state index contributed by atoms with van der Waals surface area (Å²) in [6.45, 7) is 0. The van der Waals surface area contributed by atoms with Gasteiger partial charge in [0.25, 0.3) is 0 Å².